The molecule has 1 unspecified atom stereocenters. The first-order chi connectivity index (χ1) is 8.31. The van der Waals surface area contributed by atoms with Crippen LogP contribution in [0.3, 0.4) is 0 Å². The molecule has 0 aromatic rings. The monoisotopic (exact) mass is 314 g/mol. The van der Waals surface area contributed by atoms with Gasteiger partial charge in [-0.25, -0.2) is 0 Å². The summed E-state index contributed by atoms with van der Waals surface area (Å²) in [5, 5.41) is 3.34. The van der Waals surface area contributed by atoms with E-state index < -0.39 is 0 Å². The maximum atomic E-state index is 5.78. The quantitative estimate of drug-likeness (QED) is 0.369. The van der Waals surface area contributed by atoms with Crippen molar-refractivity contribution < 1.29 is 0 Å². The summed E-state index contributed by atoms with van der Waals surface area (Å²) in [6, 6.07) is 0. The van der Waals surface area contributed by atoms with Crippen molar-refractivity contribution >= 4 is 24.8 Å². The second-order valence-corrected chi connectivity index (χ2v) is 5.15. The van der Waals surface area contributed by atoms with Crippen molar-refractivity contribution in [3.63, 3.8) is 0 Å². The smallest absolute Gasteiger partial charge is 0.0543 e. The molecule has 0 amide bonds. The Hall–Kier alpha value is 0.500. The Morgan fingerprint density at radius 3 is 1.58 bits per heavy atom. The molecule has 0 aliphatic rings. The van der Waals surface area contributed by atoms with Crippen LogP contribution >= 0.6 is 24.8 Å². The number of rotatable bonds is 13. The summed E-state index contributed by atoms with van der Waals surface area (Å²) in [6.07, 6.45) is 15.2. The van der Waals surface area contributed by atoms with Crippen molar-refractivity contribution in [2.45, 2.75) is 90.6 Å². The summed E-state index contributed by atoms with van der Waals surface area (Å²) in [7, 11) is 0. The maximum Gasteiger partial charge on any atom is 0.0543 e. The average molecular weight is 315 g/mol. The normalized spacial score (nSPS) is 11.5. The van der Waals surface area contributed by atoms with Gasteiger partial charge in [0.2, 0.25) is 0 Å². The Morgan fingerprint density at radius 2 is 1.16 bits per heavy atom. The molecule has 0 aromatic heterocycles. The zero-order valence-electron chi connectivity index (χ0n) is 13.0. The molecular weight excluding hydrogens is 279 g/mol. The Kier molecular flexibility index (Phi) is 26.8. The SMILES string of the molecule is CCCCCCCCCCCCNC(N)CC.Cl.Cl. The summed E-state index contributed by atoms with van der Waals surface area (Å²) in [4.78, 5) is 0. The van der Waals surface area contributed by atoms with E-state index >= 15 is 0 Å². The maximum absolute atomic E-state index is 5.78. The van der Waals surface area contributed by atoms with Gasteiger partial charge in [-0.15, -0.1) is 24.8 Å². The van der Waals surface area contributed by atoms with Crippen molar-refractivity contribution in [2.24, 2.45) is 5.73 Å². The van der Waals surface area contributed by atoms with Gasteiger partial charge in [0.1, 0.15) is 0 Å². The van der Waals surface area contributed by atoms with Gasteiger partial charge in [-0.2, -0.15) is 0 Å². The lowest BCUT2D eigenvalue weighted by molar-refractivity contribution is 0.486. The molecule has 0 heterocycles. The fourth-order valence-corrected chi connectivity index (χ4v) is 2.04. The zero-order chi connectivity index (χ0) is 12.8. The second-order valence-electron chi connectivity index (χ2n) is 5.15. The molecule has 0 aromatic carbocycles. The average Bonchev–Trinajstić information content (AvgIpc) is 2.35. The van der Waals surface area contributed by atoms with Crippen molar-refractivity contribution in [3.8, 4) is 0 Å². The molecule has 0 aliphatic carbocycles. The van der Waals surface area contributed by atoms with Gasteiger partial charge in [0.05, 0.1) is 6.17 Å². The molecule has 0 saturated heterocycles. The van der Waals surface area contributed by atoms with E-state index in [2.05, 4.69) is 19.2 Å². The molecule has 0 radical (unpaired) electrons. The van der Waals surface area contributed by atoms with Crippen LogP contribution < -0.4 is 11.1 Å². The molecule has 3 N–H and O–H groups in total. The molecular formula is C15H36Cl2N2. The lowest BCUT2D eigenvalue weighted by atomic mass is 10.1. The fourth-order valence-electron chi connectivity index (χ4n) is 2.04. The van der Waals surface area contributed by atoms with E-state index in [0.717, 1.165) is 13.0 Å². The summed E-state index contributed by atoms with van der Waals surface area (Å²) in [6.45, 7) is 5.49. The van der Waals surface area contributed by atoms with Gasteiger partial charge in [0.15, 0.2) is 0 Å². The van der Waals surface area contributed by atoms with Crippen LogP contribution in [0.1, 0.15) is 84.5 Å². The van der Waals surface area contributed by atoms with Crippen molar-refractivity contribution in [1.29, 1.82) is 0 Å². The number of halogens is 2. The predicted molar refractivity (Wildman–Crippen MR) is 92.6 cm³/mol. The van der Waals surface area contributed by atoms with Gasteiger partial charge < -0.3 is 11.1 Å². The molecule has 0 bridgehead atoms. The van der Waals surface area contributed by atoms with Crippen LogP contribution in [0.25, 0.3) is 0 Å². The van der Waals surface area contributed by atoms with Crippen LogP contribution in [0, 0.1) is 0 Å². The Bertz CT molecular complexity index is 146. The van der Waals surface area contributed by atoms with Gasteiger partial charge in [-0.1, -0.05) is 71.6 Å². The Morgan fingerprint density at radius 1 is 0.737 bits per heavy atom. The van der Waals surface area contributed by atoms with E-state index in [4.69, 9.17) is 5.73 Å². The summed E-state index contributed by atoms with van der Waals surface area (Å²) < 4.78 is 0. The van der Waals surface area contributed by atoms with Crippen molar-refractivity contribution in [3.05, 3.63) is 0 Å². The largest absolute Gasteiger partial charge is 0.316 e. The van der Waals surface area contributed by atoms with E-state index in [9.17, 15) is 0 Å². The highest BCUT2D eigenvalue weighted by Gasteiger charge is 1.96. The number of nitrogens with one attached hydrogen (secondary N) is 1. The standard InChI is InChI=1S/C15H34N2.2ClH/c1-3-5-6-7-8-9-10-11-12-13-14-17-15(16)4-2;;/h15,17H,3-14,16H2,1-2H3;2*1H. The van der Waals surface area contributed by atoms with Gasteiger partial charge in [0.25, 0.3) is 0 Å². The minimum Gasteiger partial charge on any atom is -0.316 e. The van der Waals surface area contributed by atoms with Crippen LogP contribution in [-0.4, -0.2) is 12.7 Å². The minimum absolute atomic E-state index is 0. The van der Waals surface area contributed by atoms with Crippen molar-refractivity contribution in [1.82, 2.24) is 5.32 Å². The first kappa shape index (κ1) is 24.5. The van der Waals surface area contributed by atoms with Gasteiger partial charge in [-0.3, -0.25) is 0 Å². The number of unbranched alkanes of at least 4 members (excludes halogenated alkanes) is 9. The Balaban J connectivity index is -0.00000128. The van der Waals surface area contributed by atoms with Crippen LogP contribution in [-0.2, 0) is 0 Å². The molecule has 4 heteroatoms. The first-order valence-electron chi connectivity index (χ1n) is 7.80. The minimum atomic E-state index is 0. The van der Waals surface area contributed by atoms with E-state index in [1.807, 2.05) is 0 Å². The molecule has 0 fully saturated rings. The summed E-state index contributed by atoms with van der Waals surface area (Å²) in [5.74, 6) is 0. The predicted octanol–water partition coefficient (Wildman–Crippen LogP) is 5.04. The molecule has 19 heavy (non-hydrogen) atoms. The highest BCUT2D eigenvalue weighted by Crippen LogP contribution is 2.10. The number of hydrogen-bond acceptors (Lipinski definition) is 2. The summed E-state index contributed by atoms with van der Waals surface area (Å²) >= 11 is 0. The number of hydrogen-bond donors (Lipinski definition) is 2. The molecule has 1 atom stereocenters. The lowest BCUT2D eigenvalue weighted by Gasteiger charge is -2.10. The highest BCUT2D eigenvalue weighted by molar-refractivity contribution is 5.85. The van der Waals surface area contributed by atoms with Crippen LogP contribution in [0.15, 0.2) is 0 Å². The van der Waals surface area contributed by atoms with E-state index in [-0.39, 0.29) is 31.0 Å². The van der Waals surface area contributed by atoms with Gasteiger partial charge in [-0.05, 0) is 19.4 Å². The fraction of sp³-hybridized carbons (Fsp3) is 1.00. The van der Waals surface area contributed by atoms with Crippen LogP contribution in [0.2, 0.25) is 0 Å². The molecule has 0 spiro atoms. The third kappa shape index (κ3) is 21.0. The van der Waals surface area contributed by atoms with Gasteiger partial charge in [0, 0.05) is 0 Å². The Labute approximate surface area is 133 Å². The lowest BCUT2D eigenvalue weighted by Crippen LogP contribution is -2.37. The number of nitrogens with two attached hydrogens (primary N) is 1. The summed E-state index contributed by atoms with van der Waals surface area (Å²) in [5.41, 5.74) is 5.78. The first-order valence-corrected chi connectivity index (χ1v) is 7.80. The zero-order valence-corrected chi connectivity index (χ0v) is 14.6. The van der Waals surface area contributed by atoms with E-state index in [1.54, 1.807) is 0 Å². The topological polar surface area (TPSA) is 38.0 Å². The van der Waals surface area contributed by atoms with Gasteiger partial charge >= 0.3 is 0 Å². The molecule has 2 nitrogen and oxygen atoms in total. The van der Waals surface area contributed by atoms with Crippen molar-refractivity contribution in [2.75, 3.05) is 6.54 Å². The molecule has 0 aliphatic heterocycles. The molecule has 0 rings (SSSR count). The van der Waals surface area contributed by atoms with Crippen LogP contribution in [0.5, 0.6) is 0 Å². The third-order valence-electron chi connectivity index (χ3n) is 3.38. The molecule has 120 valence electrons. The second kappa shape index (κ2) is 20.8. The van der Waals surface area contributed by atoms with E-state index in [0.29, 0.717) is 0 Å². The van der Waals surface area contributed by atoms with Crippen LogP contribution in [0.4, 0.5) is 0 Å². The highest BCUT2D eigenvalue weighted by atomic mass is 35.5. The molecule has 0 saturated carbocycles. The van der Waals surface area contributed by atoms with E-state index in [1.165, 1.54) is 64.2 Å². The third-order valence-corrected chi connectivity index (χ3v) is 3.38.